The minimum absolute atomic E-state index is 0.0952. The van der Waals surface area contributed by atoms with Crippen LogP contribution in [0.25, 0.3) is 0 Å². The number of nitrogens with zero attached hydrogens (tertiary/aromatic N) is 3. The van der Waals surface area contributed by atoms with Crippen molar-refractivity contribution in [2.24, 2.45) is 5.92 Å². The van der Waals surface area contributed by atoms with Crippen molar-refractivity contribution in [3.63, 3.8) is 0 Å². The second-order valence-corrected chi connectivity index (χ2v) is 6.67. The second kappa shape index (κ2) is 7.29. The van der Waals surface area contributed by atoms with Crippen LogP contribution in [0.15, 0.2) is 48.9 Å². The average Bonchev–Trinajstić information content (AvgIpc) is 3.26. The zero-order valence-electron chi connectivity index (χ0n) is 14.0. The van der Waals surface area contributed by atoms with E-state index in [4.69, 9.17) is 4.74 Å². The fraction of sp³-hybridized carbons (Fsp3) is 0.421. The van der Waals surface area contributed by atoms with Crippen molar-refractivity contribution >= 4 is 5.91 Å². The van der Waals surface area contributed by atoms with Crippen molar-refractivity contribution in [2.75, 3.05) is 26.3 Å². The van der Waals surface area contributed by atoms with Gasteiger partial charge in [0.05, 0.1) is 19.4 Å². The van der Waals surface area contributed by atoms with Gasteiger partial charge in [-0.2, -0.15) is 0 Å². The number of benzene rings is 1. The maximum Gasteiger partial charge on any atom is 0.271 e. The van der Waals surface area contributed by atoms with Gasteiger partial charge in [0, 0.05) is 43.5 Å². The van der Waals surface area contributed by atoms with Gasteiger partial charge in [0.2, 0.25) is 0 Å². The molecule has 3 atom stereocenters. The Balaban J connectivity index is 1.39. The molecule has 0 unspecified atom stereocenters. The summed E-state index contributed by atoms with van der Waals surface area (Å²) in [5.74, 6) is 0.185. The lowest BCUT2D eigenvalue weighted by atomic mass is 9.99. The van der Waals surface area contributed by atoms with Crippen molar-refractivity contribution in [3.8, 4) is 0 Å². The molecule has 0 aliphatic carbocycles. The van der Waals surface area contributed by atoms with Gasteiger partial charge in [-0.15, -0.1) is 0 Å². The van der Waals surface area contributed by atoms with Crippen molar-refractivity contribution in [1.82, 2.24) is 20.2 Å². The van der Waals surface area contributed by atoms with Gasteiger partial charge in [0.25, 0.3) is 5.91 Å². The first-order valence-electron chi connectivity index (χ1n) is 8.74. The molecule has 1 aromatic carbocycles. The Labute approximate surface area is 147 Å². The Hall–Kier alpha value is -2.31. The standard InChI is InChI=1S/C19H22N4O2/c24-19(16-10-20-7-8-21-16)22-17-11-23(18-13-25-12-15(17)18)9-6-14-4-2-1-3-5-14/h1-5,7-8,10,15,17-18H,6,9,11-13H2,(H,22,24)/t15-,17-,18-/m1/s1. The molecular formula is C19H22N4O2. The molecule has 0 spiro atoms. The summed E-state index contributed by atoms with van der Waals surface area (Å²) in [4.78, 5) is 22.9. The van der Waals surface area contributed by atoms with Crippen LogP contribution in [0.1, 0.15) is 16.1 Å². The molecule has 2 fully saturated rings. The molecule has 25 heavy (non-hydrogen) atoms. The molecule has 1 aromatic heterocycles. The number of carbonyl (C=O) groups excluding carboxylic acids is 1. The van der Waals surface area contributed by atoms with Gasteiger partial charge in [-0.25, -0.2) is 4.98 Å². The Kier molecular flexibility index (Phi) is 4.72. The monoisotopic (exact) mass is 338 g/mol. The van der Waals surface area contributed by atoms with Crippen LogP contribution in [0.4, 0.5) is 0 Å². The van der Waals surface area contributed by atoms with E-state index in [1.54, 1.807) is 6.20 Å². The third-order valence-corrected chi connectivity index (χ3v) is 5.15. The van der Waals surface area contributed by atoms with Crippen LogP contribution in [-0.4, -0.2) is 59.2 Å². The highest BCUT2D eigenvalue weighted by Crippen LogP contribution is 2.30. The molecule has 0 bridgehead atoms. The van der Waals surface area contributed by atoms with Crippen LogP contribution >= 0.6 is 0 Å². The summed E-state index contributed by atoms with van der Waals surface area (Å²) in [6, 6.07) is 11.0. The Morgan fingerprint density at radius 2 is 2.12 bits per heavy atom. The lowest BCUT2D eigenvalue weighted by Crippen LogP contribution is -2.41. The van der Waals surface area contributed by atoms with E-state index >= 15 is 0 Å². The fourth-order valence-corrected chi connectivity index (χ4v) is 3.83. The zero-order chi connectivity index (χ0) is 17.1. The molecule has 2 aliphatic rings. The molecular weight excluding hydrogens is 316 g/mol. The molecule has 0 saturated carbocycles. The van der Waals surface area contributed by atoms with E-state index in [2.05, 4.69) is 44.5 Å². The van der Waals surface area contributed by atoms with Crippen LogP contribution in [0.3, 0.4) is 0 Å². The quantitative estimate of drug-likeness (QED) is 0.886. The minimum Gasteiger partial charge on any atom is -0.379 e. The SMILES string of the molecule is O=C(N[C@@H]1CN(CCc2ccccc2)[C@@H]2COC[C@@H]21)c1cnccn1. The summed E-state index contributed by atoms with van der Waals surface area (Å²) in [5, 5.41) is 3.13. The maximum atomic E-state index is 12.4. The number of aromatic nitrogens is 2. The van der Waals surface area contributed by atoms with Gasteiger partial charge in [-0.3, -0.25) is 14.7 Å². The van der Waals surface area contributed by atoms with E-state index < -0.39 is 0 Å². The van der Waals surface area contributed by atoms with Gasteiger partial charge in [0.1, 0.15) is 5.69 Å². The van der Waals surface area contributed by atoms with Gasteiger partial charge in [-0.05, 0) is 12.0 Å². The van der Waals surface area contributed by atoms with Crippen LogP contribution in [0.2, 0.25) is 0 Å². The van der Waals surface area contributed by atoms with Crippen LogP contribution in [0, 0.1) is 5.92 Å². The van der Waals surface area contributed by atoms with E-state index in [1.165, 1.54) is 18.0 Å². The molecule has 0 radical (unpaired) electrons. The van der Waals surface area contributed by atoms with E-state index in [9.17, 15) is 4.79 Å². The van der Waals surface area contributed by atoms with Crippen molar-refractivity contribution in [2.45, 2.75) is 18.5 Å². The highest BCUT2D eigenvalue weighted by atomic mass is 16.5. The molecule has 1 amide bonds. The summed E-state index contributed by atoms with van der Waals surface area (Å²) in [7, 11) is 0. The summed E-state index contributed by atoms with van der Waals surface area (Å²) in [6.45, 7) is 3.29. The number of rotatable bonds is 5. The van der Waals surface area contributed by atoms with Gasteiger partial charge in [-0.1, -0.05) is 30.3 Å². The second-order valence-electron chi connectivity index (χ2n) is 6.67. The van der Waals surface area contributed by atoms with Crippen molar-refractivity contribution < 1.29 is 9.53 Å². The smallest absolute Gasteiger partial charge is 0.271 e. The summed E-state index contributed by atoms with van der Waals surface area (Å²) in [5.41, 5.74) is 1.70. The van der Waals surface area contributed by atoms with Crippen LogP contribution in [-0.2, 0) is 11.2 Å². The number of likely N-dealkylation sites (tertiary alicyclic amines) is 1. The van der Waals surface area contributed by atoms with E-state index in [0.717, 1.165) is 26.1 Å². The lowest BCUT2D eigenvalue weighted by molar-refractivity contribution is 0.0911. The molecule has 2 aromatic rings. The van der Waals surface area contributed by atoms with Gasteiger partial charge in [0.15, 0.2) is 0 Å². The predicted octanol–water partition coefficient (Wildman–Crippen LogP) is 1.15. The number of nitrogens with one attached hydrogen (secondary N) is 1. The highest BCUT2D eigenvalue weighted by Gasteiger charge is 2.45. The first-order valence-corrected chi connectivity index (χ1v) is 8.74. The first-order chi connectivity index (χ1) is 12.3. The number of ether oxygens (including phenoxy) is 1. The number of hydrogen-bond donors (Lipinski definition) is 1. The zero-order valence-corrected chi connectivity index (χ0v) is 14.0. The molecule has 1 N–H and O–H groups in total. The molecule has 130 valence electrons. The molecule has 2 aliphatic heterocycles. The van der Waals surface area contributed by atoms with E-state index in [-0.39, 0.29) is 11.9 Å². The van der Waals surface area contributed by atoms with Crippen LogP contribution in [0.5, 0.6) is 0 Å². The Bertz CT molecular complexity index is 710. The topological polar surface area (TPSA) is 67.4 Å². The maximum absolute atomic E-state index is 12.4. The van der Waals surface area contributed by atoms with Crippen LogP contribution < -0.4 is 5.32 Å². The van der Waals surface area contributed by atoms with E-state index in [0.29, 0.717) is 24.3 Å². The summed E-state index contributed by atoms with van der Waals surface area (Å²) in [6.07, 6.45) is 5.62. The Morgan fingerprint density at radius 1 is 1.24 bits per heavy atom. The highest BCUT2D eigenvalue weighted by molar-refractivity contribution is 5.92. The van der Waals surface area contributed by atoms with Crippen molar-refractivity contribution in [1.29, 1.82) is 0 Å². The summed E-state index contributed by atoms with van der Waals surface area (Å²) >= 11 is 0. The average molecular weight is 338 g/mol. The molecule has 6 nitrogen and oxygen atoms in total. The molecule has 2 saturated heterocycles. The first kappa shape index (κ1) is 16.2. The van der Waals surface area contributed by atoms with Crippen molar-refractivity contribution in [3.05, 3.63) is 60.2 Å². The number of hydrogen-bond acceptors (Lipinski definition) is 5. The third kappa shape index (κ3) is 3.55. The number of carbonyl (C=O) groups is 1. The van der Waals surface area contributed by atoms with E-state index in [1.807, 2.05) is 6.07 Å². The predicted molar refractivity (Wildman–Crippen MR) is 93.1 cm³/mol. The minimum atomic E-state index is -0.159. The molecule has 3 heterocycles. The Morgan fingerprint density at radius 3 is 2.92 bits per heavy atom. The molecule has 6 heteroatoms. The fourth-order valence-electron chi connectivity index (χ4n) is 3.83. The summed E-state index contributed by atoms with van der Waals surface area (Å²) < 4.78 is 5.69. The number of fused-ring (bicyclic) bond motifs is 1. The lowest BCUT2D eigenvalue weighted by Gasteiger charge is -2.22. The largest absolute Gasteiger partial charge is 0.379 e. The van der Waals surface area contributed by atoms with Gasteiger partial charge < -0.3 is 10.1 Å². The van der Waals surface area contributed by atoms with Gasteiger partial charge >= 0.3 is 0 Å². The normalized spacial score (nSPS) is 25.7. The third-order valence-electron chi connectivity index (χ3n) is 5.15. The number of amides is 1. The molecule has 4 rings (SSSR count).